The molecule has 4 aliphatic rings. The van der Waals surface area contributed by atoms with Crippen molar-refractivity contribution in [1.82, 2.24) is 0 Å². The van der Waals surface area contributed by atoms with Crippen LogP contribution in [0.3, 0.4) is 0 Å². The van der Waals surface area contributed by atoms with Crippen LogP contribution in [-0.2, 0) is 14.3 Å². The fourth-order valence-corrected chi connectivity index (χ4v) is 6.48. The molecule has 4 heterocycles. The first kappa shape index (κ1) is 25.6. The van der Waals surface area contributed by atoms with Gasteiger partial charge in [-0.25, -0.2) is 4.79 Å². The Balaban J connectivity index is 1.28. The van der Waals surface area contributed by atoms with Gasteiger partial charge >= 0.3 is 5.97 Å². The van der Waals surface area contributed by atoms with Crippen molar-refractivity contribution >= 4 is 17.8 Å². The van der Waals surface area contributed by atoms with Gasteiger partial charge in [-0.3, -0.25) is 4.79 Å². The summed E-state index contributed by atoms with van der Waals surface area (Å²) in [6, 6.07) is 21.1. The molecule has 4 aliphatic heterocycles. The first-order valence-corrected chi connectivity index (χ1v) is 14.1. The molecule has 0 unspecified atom stereocenters. The monoisotopic (exact) mass is 550 g/mol. The van der Waals surface area contributed by atoms with E-state index in [1.807, 2.05) is 78.9 Å². The molecule has 5 atom stereocenters. The van der Waals surface area contributed by atoms with Gasteiger partial charge in [0.2, 0.25) is 5.79 Å². The number of hydrogen-bond acceptors (Lipinski definition) is 7. The molecule has 7 nitrogen and oxygen atoms in total. The summed E-state index contributed by atoms with van der Waals surface area (Å²) in [7, 11) is 0. The third-order valence-electron chi connectivity index (χ3n) is 8.27. The summed E-state index contributed by atoms with van der Waals surface area (Å²) in [5.41, 5.74) is 2.89. The van der Waals surface area contributed by atoms with Crippen molar-refractivity contribution < 1.29 is 33.6 Å². The molecule has 0 aromatic heterocycles. The number of fused-ring (bicyclic) bond motifs is 6. The van der Waals surface area contributed by atoms with Crippen molar-refractivity contribution in [3.63, 3.8) is 0 Å². The molecular formula is C34H30O7. The third kappa shape index (κ3) is 4.91. The van der Waals surface area contributed by atoms with Gasteiger partial charge in [-0.1, -0.05) is 72.8 Å². The van der Waals surface area contributed by atoms with E-state index in [4.69, 9.17) is 18.9 Å². The van der Waals surface area contributed by atoms with E-state index in [1.54, 1.807) is 0 Å². The van der Waals surface area contributed by atoms with Crippen molar-refractivity contribution in [1.29, 1.82) is 0 Å². The number of Topliss-reactive ketones (excluding diaryl/α,β-unsaturated/α-hetero) is 1. The summed E-state index contributed by atoms with van der Waals surface area (Å²) in [5, 5.41) is 11.0. The summed E-state index contributed by atoms with van der Waals surface area (Å²) in [4.78, 5) is 25.3. The van der Waals surface area contributed by atoms with Crippen molar-refractivity contribution in [2.45, 2.75) is 62.1 Å². The van der Waals surface area contributed by atoms with Gasteiger partial charge in [-0.2, -0.15) is 0 Å². The van der Waals surface area contributed by atoms with Crippen LogP contribution in [0.15, 0.2) is 85.0 Å². The second kappa shape index (κ2) is 10.2. The maximum atomic E-state index is 13.4. The van der Waals surface area contributed by atoms with E-state index in [9.17, 15) is 14.7 Å². The molecule has 0 amide bonds. The zero-order chi connectivity index (χ0) is 28.0. The Labute approximate surface area is 238 Å². The average molecular weight is 551 g/mol. The van der Waals surface area contributed by atoms with Crippen LogP contribution in [0.5, 0.6) is 17.2 Å². The lowest BCUT2D eigenvalue weighted by Gasteiger charge is -2.48. The molecule has 41 heavy (non-hydrogen) atoms. The molecule has 1 N–H and O–H groups in total. The van der Waals surface area contributed by atoms with E-state index in [2.05, 4.69) is 0 Å². The number of ether oxygens (including phenoxy) is 4. The molecule has 2 bridgehead atoms. The van der Waals surface area contributed by atoms with Crippen LogP contribution in [0, 0.1) is 0 Å². The van der Waals surface area contributed by atoms with Crippen molar-refractivity contribution in [2.24, 2.45) is 0 Å². The molecule has 1 fully saturated rings. The minimum Gasteiger partial charge on any atom is -0.507 e. The number of phenolic OH excluding ortho intramolecular Hbond substituents is 1. The number of benzene rings is 3. The lowest BCUT2D eigenvalue weighted by atomic mass is 9.78. The van der Waals surface area contributed by atoms with E-state index in [-0.39, 0.29) is 47.6 Å². The van der Waals surface area contributed by atoms with Gasteiger partial charge in [0, 0.05) is 42.9 Å². The molecule has 0 saturated carbocycles. The zero-order valence-electron chi connectivity index (χ0n) is 22.4. The maximum absolute atomic E-state index is 13.4. The van der Waals surface area contributed by atoms with Gasteiger partial charge < -0.3 is 24.1 Å². The van der Waals surface area contributed by atoms with Gasteiger partial charge in [0.15, 0.2) is 5.78 Å². The average Bonchev–Trinajstić information content (AvgIpc) is 2.96. The van der Waals surface area contributed by atoms with E-state index in [0.29, 0.717) is 37.2 Å². The highest BCUT2D eigenvalue weighted by Gasteiger charge is 2.50. The van der Waals surface area contributed by atoms with Crippen LogP contribution in [0.4, 0.5) is 0 Å². The summed E-state index contributed by atoms with van der Waals surface area (Å²) in [6.07, 6.45) is 8.56. The molecule has 208 valence electrons. The fourth-order valence-electron chi connectivity index (χ4n) is 6.48. The summed E-state index contributed by atoms with van der Waals surface area (Å²) >= 11 is 0. The van der Waals surface area contributed by atoms with Gasteiger partial charge in [-0.05, 0) is 23.6 Å². The maximum Gasteiger partial charge on any atom is 0.330 e. The van der Waals surface area contributed by atoms with E-state index in [1.165, 1.54) is 12.1 Å². The zero-order valence-corrected chi connectivity index (χ0v) is 22.4. The van der Waals surface area contributed by atoms with Gasteiger partial charge in [0.05, 0.1) is 12.5 Å². The Morgan fingerprint density at radius 1 is 0.976 bits per heavy atom. The fraction of sp³-hybridized carbons (Fsp3) is 0.294. The van der Waals surface area contributed by atoms with E-state index >= 15 is 0 Å². The van der Waals surface area contributed by atoms with Gasteiger partial charge in [-0.15, -0.1) is 0 Å². The second-order valence-electron chi connectivity index (χ2n) is 11.1. The first-order chi connectivity index (χ1) is 20.0. The molecule has 0 radical (unpaired) electrons. The minimum absolute atomic E-state index is 0.0792. The lowest BCUT2D eigenvalue weighted by Crippen LogP contribution is -2.50. The predicted molar refractivity (Wildman–Crippen MR) is 151 cm³/mol. The number of carbonyl (C=O) groups is 2. The first-order valence-electron chi connectivity index (χ1n) is 14.1. The molecule has 7 rings (SSSR count). The van der Waals surface area contributed by atoms with Crippen LogP contribution >= 0.6 is 0 Å². The summed E-state index contributed by atoms with van der Waals surface area (Å²) < 4.78 is 25.3. The Morgan fingerprint density at radius 2 is 1.76 bits per heavy atom. The van der Waals surface area contributed by atoms with Gasteiger partial charge in [0.1, 0.15) is 35.0 Å². The summed E-state index contributed by atoms with van der Waals surface area (Å²) in [6.45, 7) is 0. The molecule has 0 spiro atoms. The number of cyclic esters (lactones) is 1. The normalized spacial score (nSPS) is 28.3. The number of hydrogen-bond donors (Lipinski definition) is 1. The Hall–Kier alpha value is -4.36. The number of carbonyl (C=O) groups excluding carboxylic acids is 2. The quantitative estimate of drug-likeness (QED) is 0.366. The Kier molecular flexibility index (Phi) is 6.39. The van der Waals surface area contributed by atoms with Crippen LogP contribution in [0.1, 0.15) is 71.2 Å². The van der Waals surface area contributed by atoms with Crippen LogP contribution < -0.4 is 9.47 Å². The standard InChI is InChI=1S/C34H30O7/c35-26-18-28(22-10-5-2-6-11-22)39-33-31-23-16-25(17-24-12-7-13-30(37)38-24)40-34(20-23,15-14-21-8-3-1-4-9-21)41-29(31)19-27(36)32(26)33/h1-11,13-15,19,23-25,28,36H,12,16-18,20H2/b15-14+/t23-,24-,25+,28-,34-/m1/s1. The van der Waals surface area contributed by atoms with E-state index in [0.717, 1.165) is 16.7 Å². The van der Waals surface area contributed by atoms with Crippen molar-refractivity contribution in [2.75, 3.05) is 0 Å². The van der Waals surface area contributed by atoms with Crippen LogP contribution in [-0.4, -0.2) is 34.9 Å². The van der Waals surface area contributed by atoms with Crippen molar-refractivity contribution in [3.05, 3.63) is 107 Å². The second-order valence-corrected chi connectivity index (χ2v) is 11.1. The predicted octanol–water partition coefficient (Wildman–Crippen LogP) is 6.43. The topological polar surface area (TPSA) is 91.3 Å². The van der Waals surface area contributed by atoms with Crippen molar-refractivity contribution in [3.8, 4) is 17.2 Å². The molecule has 3 aromatic rings. The smallest absolute Gasteiger partial charge is 0.330 e. The molecule has 3 aromatic carbocycles. The number of ketones is 1. The van der Waals surface area contributed by atoms with E-state index < -0.39 is 11.9 Å². The molecule has 0 aliphatic carbocycles. The Morgan fingerprint density at radius 3 is 2.54 bits per heavy atom. The largest absolute Gasteiger partial charge is 0.507 e. The molecule has 7 heteroatoms. The number of rotatable bonds is 5. The molecular weight excluding hydrogens is 520 g/mol. The summed E-state index contributed by atoms with van der Waals surface area (Å²) in [5.74, 6) is -1.01. The number of esters is 1. The number of phenols is 1. The third-order valence-corrected chi connectivity index (χ3v) is 8.27. The number of aromatic hydroxyl groups is 1. The highest BCUT2D eigenvalue weighted by atomic mass is 16.7. The van der Waals surface area contributed by atoms with Crippen LogP contribution in [0.25, 0.3) is 6.08 Å². The SMILES string of the molecule is O=C1C=CC[C@H](C[C@@H]2C[C@@H]3C[C@@](/C=C/c4ccccc4)(Oc4cc(O)c5c(c43)O[C@@H](c3ccccc3)CC5=O)O2)O1. The minimum atomic E-state index is -1.11. The Bertz CT molecular complexity index is 1540. The van der Waals surface area contributed by atoms with Gasteiger partial charge in [0.25, 0.3) is 0 Å². The molecule has 1 saturated heterocycles. The highest BCUT2D eigenvalue weighted by Crippen LogP contribution is 2.57. The highest BCUT2D eigenvalue weighted by molar-refractivity contribution is 6.03. The lowest BCUT2D eigenvalue weighted by molar-refractivity contribution is -0.224. The van der Waals surface area contributed by atoms with Crippen LogP contribution in [0.2, 0.25) is 0 Å².